The van der Waals surface area contributed by atoms with Crippen LogP contribution in [0.2, 0.25) is 0 Å². The van der Waals surface area contributed by atoms with E-state index in [0.717, 1.165) is 15.7 Å². The van der Waals surface area contributed by atoms with Crippen molar-refractivity contribution in [2.45, 2.75) is 13.5 Å². The van der Waals surface area contributed by atoms with Gasteiger partial charge in [-0.25, -0.2) is 0 Å². The van der Waals surface area contributed by atoms with E-state index in [1.54, 1.807) is 0 Å². The van der Waals surface area contributed by atoms with Crippen LogP contribution in [0.15, 0.2) is 57.5 Å². The third-order valence-electron chi connectivity index (χ3n) is 3.28. The fourth-order valence-corrected chi connectivity index (χ4v) is 2.47. The summed E-state index contributed by atoms with van der Waals surface area (Å²) in [7, 11) is 0. The number of rotatable bonds is 4. The highest BCUT2D eigenvalue weighted by Crippen LogP contribution is 2.16. The molecule has 0 bridgehead atoms. The van der Waals surface area contributed by atoms with E-state index in [1.165, 1.54) is 5.56 Å². The molecule has 0 atom stereocenters. The molecule has 122 valence electrons. The molecule has 5 nitrogen and oxygen atoms in total. The van der Waals surface area contributed by atoms with Gasteiger partial charge < -0.3 is 15.2 Å². The van der Waals surface area contributed by atoms with E-state index in [0.29, 0.717) is 23.4 Å². The van der Waals surface area contributed by atoms with Crippen LogP contribution in [-0.2, 0) is 6.54 Å². The van der Waals surface area contributed by atoms with Crippen molar-refractivity contribution in [1.82, 2.24) is 15.5 Å². The number of halogens is 1. The molecule has 0 aliphatic carbocycles. The molecular weight excluding hydrogens is 388 g/mol. The third kappa shape index (κ3) is 4.39. The Morgan fingerprint density at radius 2 is 1.83 bits per heavy atom. The van der Waals surface area contributed by atoms with Gasteiger partial charge in [0.05, 0.1) is 6.54 Å². The summed E-state index contributed by atoms with van der Waals surface area (Å²) in [6.07, 6.45) is 0. The number of nitrogens with one attached hydrogen (secondary N) is 2. The SMILES string of the molecule is Cc1ccc(-c2noc(CNC(=S)Nc3ccc(Br)cc3)n2)cc1. The lowest BCUT2D eigenvalue weighted by Gasteiger charge is -2.08. The molecule has 0 spiro atoms. The Hall–Kier alpha value is -2.25. The quantitative estimate of drug-likeness (QED) is 0.634. The average molecular weight is 403 g/mol. The van der Waals surface area contributed by atoms with Crippen LogP contribution in [0, 0.1) is 6.92 Å². The molecule has 2 aromatic carbocycles. The lowest BCUT2D eigenvalue weighted by atomic mass is 10.1. The largest absolute Gasteiger partial charge is 0.353 e. The van der Waals surface area contributed by atoms with Gasteiger partial charge in [-0.2, -0.15) is 4.98 Å². The first-order valence-corrected chi connectivity index (χ1v) is 8.50. The Bertz CT molecular complexity index is 831. The van der Waals surface area contributed by atoms with Gasteiger partial charge in [0.1, 0.15) is 0 Å². The predicted octanol–water partition coefficient (Wildman–Crippen LogP) is 4.29. The Morgan fingerprint density at radius 1 is 1.12 bits per heavy atom. The van der Waals surface area contributed by atoms with Crippen molar-refractivity contribution in [2.24, 2.45) is 0 Å². The van der Waals surface area contributed by atoms with Crippen molar-refractivity contribution in [1.29, 1.82) is 0 Å². The second-order valence-electron chi connectivity index (χ2n) is 5.19. The minimum absolute atomic E-state index is 0.362. The lowest BCUT2D eigenvalue weighted by Crippen LogP contribution is -2.27. The number of aryl methyl sites for hydroxylation is 1. The normalized spacial score (nSPS) is 10.4. The fraction of sp³-hybridized carbons (Fsp3) is 0.118. The van der Waals surface area contributed by atoms with Crippen molar-refractivity contribution >= 4 is 38.9 Å². The number of benzene rings is 2. The summed E-state index contributed by atoms with van der Waals surface area (Å²) in [6.45, 7) is 2.40. The molecule has 0 unspecified atom stereocenters. The van der Waals surface area contributed by atoms with Gasteiger partial charge in [0.15, 0.2) is 5.11 Å². The van der Waals surface area contributed by atoms with Gasteiger partial charge in [0.2, 0.25) is 11.7 Å². The monoisotopic (exact) mass is 402 g/mol. The molecule has 0 aliphatic heterocycles. The summed E-state index contributed by atoms with van der Waals surface area (Å²) in [5.41, 5.74) is 3.02. The number of anilines is 1. The van der Waals surface area contributed by atoms with Gasteiger partial charge in [-0.15, -0.1) is 0 Å². The van der Waals surface area contributed by atoms with Crippen molar-refractivity contribution in [3.63, 3.8) is 0 Å². The van der Waals surface area contributed by atoms with E-state index >= 15 is 0 Å². The molecule has 0 amide bonds. The highest BCUT2D eigenvalue weighted by atomic mass is 79.9. The molecule has 1 aromatic heterocycles. The number of thiocarbonyl (C=S) groups is 1. The van der Waals surface area contributed by atoms with Gasteiger partial charge in [-0.1, -0.05) is 50.9 Å². The van der Waals surface area contributed by atoms with Crippen molar-refractivity contribution in [2.75, 3.05) is 5.32 Å². The first-order chi connectivity index (χ1) is 11.6. The topological polar surface area (TPSA) is 63.0 Å². The molecule has 2 N–H and O–H groups in total. The van der Waals surface area contributed by atoms with Crippen molar-refractivity contribution in [3.05, 3.63) is 64.5 Å². The van der Waals surface area contributed by atoms with Gasteiger partial charge in [-0.3, -0.25) is 0 Å². The van der Waals surface area contributed by atoms with Gasteiger partial charge in [-0.05, 0) is 43.4 Å². The maximum atomic E-state index is 5.26. The van der Waals surface area contributed by atoms with Crippen LogP contribution in [0.4, 0.5) is 5.69 Å². The van der Waals surface area contributed by atoms with E-state index < -0.39 is 0 Å². The number of nitrogens with zero attached hydrogens (tertiary/aromatic N) is 2. The maximum Gasteiger partial charge on any atom is 0.246 e. The van der Waals surface area contributed by atoms with Crippen LogP contribution in [0.25, 0.3) is 11.4 Å². The van der Waals surface area contributed by atoms with Crippen molar-refractivity contribution in [3.8, 4) is 11.4 Å². The molecule has 1 heterocycles. The molecule has 3 aromatic rings. The Balaban J connectivity index is 1.56. The zero-order chi connectivity index (χ0) is 16.9. The highest BCUT2D eigenvalue weighted by Gasteiger charge is 2.08. The minimum Gasteiger partial charge on any atom is -0.353 e. The zero-order valence-electron chi connectivity index (χ0n) is 12.9. The minimum atomic E-state index is 0.362. The Kier molecular flexibility index (Phi) is 5.22. The van der Waals surface area contributed by atoms with Gasteiger partial charge in [0, 0.05) is 15.7 Å². The number of hydrogen-bond acceptors (Lipinski definition) is 4. The predicted molar refractivity (Wildman–Crippen MR) is 102 cm³/mol. The van der Waals surface area contributed by atoms with Crippen LogP contribution in [-0.4, -0.2) is 15.3 Å². The summed E-state index contributed by atoms with van der Waals surface area (Å²) < 4.78 is 6.26. The Labute approximate surface area is 153 Å². The van der Waals surface area contributed by atoms with Gasteiger partial charge >= 0.3 is 0 Å². The summed E-state index contributed by atoms with van der Waals surface area (Å²) in [4.78, 5) is 4.37. The van der Waals surface area contributed by atoms with Crippen LogP contribution in [0.3, 0.4) is 0 Å². The average Bonchev–Trinajstić information content (AvgIpc) is 3.05. The van der Waals surface area contributed by atoms with Crippen molar-refractivity contribution < 1.29 is 4.52 Å². The summed E-state index contributed by atoms with van der Waals surface area (Å²) >= 11 is 8.65. The first-order valence-electron chi connectivity index (χ1n) is 7.30. The zero-order valence-corrected chi connectivity index (χ0v) is 15.3. The standard InChI is InChI=1S/C17H15BrN4OS/c1-11-2-4-12(5-3-11)16-21-15(23-22-16)10-19-17(24)20-14-8-6-13(18)7-9-14/h2-9H,10H2,1H3,(H2,19,20,24). The summed E-state index contributed by atoms with van der Waals surface area (Å²) in [5, 5.41) is 10.6. The maximum absolute atomic E-state index is 5.26. The molecule has 7 heteroatoms. The summed E-state index contributed by atoms with van der Waals surface area (Å²) in [5.74, 6) is 1.05. The molecule has 3 rings (SSSR count). The van der Waals surface area contributed by atoms with E-state index in [2.05, 4.69) is 36.7 Å². The van der Waals surface area contributed by atoms with E-state index in [1.807, 2.05) is 55.5 Å². The molecule has 0 saturated carbocycles. The lowest BCUT2D eigenvalue weighted by molar-refractivity contribution is 0.376. The van der Waals surface area contributed by atoms with E-state index in [9.17, 15) is 0 Å². The molecule has 0 fully saturated rings. The van der Waals surface area contributed by atoms with Crippen LogP contribution in [0.5, 0.6) is 0 Å². The summed E-state index contributed by atoms with van der Waals surface area (Å²) in [6, 6.07) is 15.7. The number of hydrogen-bond donors (Lipinski definition) is 2. The molecule has 0 radical (unpaired) electrons. The Morgan fingerprint density at radius 3 is 2.54 bits per heavy atom. The molecule has 0 saturated heterocycles. The third-order valence-corrected chi connectivity index (χ3v) is 4.06. The first kappa shape index (κ1) is 16.6. The smallest absolute Gasteiger partial charge is 0.246 e. The van der Waals surface area contributed by atoms with E-state index in [-0.39, 0.29) is 0 Å². The molecular formula is C17H15BrN4OS. The van der Waals surface area contributed by atoms with E-state index in [4.69, 9.17) is 16.7 Å². The molecule has 24 heavy (non-hydrogen) atoms. The fourth-order valence-electron chi connectivity index (χ4n) is 2.01. The number of aromatic nitrogens is 2. The van der Waals surface area contributed by atoms with Crippen LogP contribution in [0.1, 0.15) is 11.5 Å². The second-order valence-corrected chi connectivity index (χ2v) is 6.52. The van der Waals surface area contributed by atoms with Crippen LogP contribution >= 0.6 is 28.1 Å². The van der Waals surface area contributed by atoms with Gasteiger partial charge in [0.25, 0.3) is 0 Å². The second kappa shape index (κ2) is 7.55. The highest BCUT2D eigenvalue weighted by molar-refractivity contribution is 9.10. The molecule has 0 aliphatic rings. The van der Waals surface area contributed by atoms with Crippen LogP contribution < -0.4 is 10.6 Å².